The molecule has 10 rings (SSSR count). The first kappa shape index (κ1) is 24.4. The maximum Gasteiger partial charge on any atom is 0.147 e. The fourth-order valence-corrected chi connectivity index (χ4v) is 7.05. The third-order valence-corrected chi connectivity index (χ3v) is 9.13. The molecule has 0 unspecified atom stereocenters. The molecule has 45 heavy (non-hydrogen) atoms. The highest BCUT2D eigenvalue weighted by atomic mass is 16.3. The van der Waals surface area contributed by atoms with Gasteiger partial charge in [-0.25, -0.2) is 4.98 Å². The van der Waals surface area contributed by atoms with Crippen LogP contribution in [-0.4, -0.2) is 9.97 Å². The topological polar surface area (TPSA) is 52.1 Å². The van der Waals surface area contributed by atoms with Gasteiger partial charge in [-0.1, -0.05) is 96.6 Å². The fourth-order valence-electron chi connectivity index (χ4n) is 7.05. The standard InChI is InChI=1S/C41H24N2O2/c1-23-17-18-36-32(19-23)33-21-31(40-37(41(33)45-36)30-15-6-7-16-35(30)44-40)24-9-8-10-25(20-24)34-22-42-38-28-13-4-2-11-26(28)27-12-3-5-14-29(27)39(38)43-34/h2-22H,1H3. The molecule has 7 aromatic carbocycles. The average Bonchev–Trinajstić information content (AvgIpc) is 3.66. The van der Waals surface area contributed by atoms with Crippen LogP contribution in [0.5, 0.6) is 0 Å². The van der Waals surface area contributed by atoms with Crippen LogP contribution in [0.2, 0.25) is 0 Å². The van der Waals surface area contributed by atoms with Crippen LogP contribution in [0.15, 0.2) is 136 Å². The Hall–Kier alpha value is -6.00. The Bertz CT molecular complexity index is 2800. The summed E-state index contributed by atoms with van der Waals surface area (Å²) in [5.74, 6) is 0. The van der Waals surface area contributed by atoms with Crippen molar-refractivity contribution in [2.75, 3.05) is 0 Å². The predicted molar refractivity (Wildman–Crippen MR) is 185 cm³/mol. The van der Waals surface area contributed by atoms with Crippen molar-refractivity contribution in [3.8, 4) is 22.4 Å². The van der Waals surface area contributed by atoms with Gasteiger partial charge in [0, 0.05) is 38.1 Å². The van der Waals surface area contributed by atoms with Crippen LogP contribution in [0.1, 0.15) is 5.56 Å². The van der Waals surface area contributed by atoms with Crippen LogP contribution in [0.3, 0.4) is 0 Å². The Kier molecular flexibility index (Phi) is 4.89. The fraction of sp³-hybridized carbons (Fsp3) is 0.0244. The smallest absolute Gasteiger partial charge is 0.147 e. The third-order valence-electron chi connectivity index (χ3n) is 9.13. The van der Waals surface area contributed by atoms with Crippen molar-refractivity contribution in [2.24, 2.45) is 0 Å². The summed E-state index contributed by atoms with van der Waals surface area (Å²) >= 11 is 0. The monoisotopic (exact) mass is 576 g/mol. The van der Waals surface area contributed by atoms with Gasteiger partial charge in [-0.05, 0) is 53.6 Å². The number of rotatable bonds is 2. The molecule has 0 fully saturated rings. The van der Waals surface area contributed by atoms with Crippen molar-refractivity contribution in [1.82, 2.24) is 9.97 Å². The minimum Gasteiger partial charge on any atom is -0.455 e. The largest absolute Gasteiger partial charge is 0.455 e. The number of benzene rings is 7. The van der Waals surface area contributed by atoms with Gasteiger partial charge in [0.25, 0.3) is 0 Å². The molecule has 4 heteroatoms. The van der Waals surface area contributed by atoms with Gasteiger partial charge in [-0.15, -0.1) is 0 Å². The lowest BCUT2D eigenvalue weighted by Gasteiger charge is -2.11. The quantitative estimate of drug-likeness (QED) is 0.192. The van der Waals surface area contributed by atoms with E-state index in [1.807, 2.05) is 18.3 Å². The highest BCUT2D eigenvalue weighted by molar-refractivity contribution is 6.25. The molecule has 0 radical (unpaired) electrons. The molecule has 210 valence electrons. The second-order valence-electron chi connectivity index (χ2n) is 11.8. The summed E-state index contributed by atoms with van der Waals surface area (Å²) in [4.78, 5) is 10.2. The zero-order valence-electron chi connectivity index (χ0n) is 24.3. The minimum absolute atomic E-state index is 0.818. The molecular formula is C41H24N2O2. The lowest BCUT2D eigenvalue weighted by molar-refractivity contribution is 0.663. The van der Waals surface area contributed by atoms with E-state index in [9.17, 15) is 0 Å². The Labute approximate surface area is 257 Å². The first-order valence-corrected chi connectivity index (χ1v) is 15.2. The maximum absolute atomic E-state index is 6.57. The second kappa shape index (κ2) is 9.01. The molecule has 0 atom stereocenters. The van der Waals surface area contributed by atoms with Gasteiger partial charge in [-0.2, -0.15) is 0 Å². The van der Waals surface area contributed by atoms with Crippen molar-refractivity contribution in [3.63, 3.8) is 0 Å². The molecule has 10 aromatic rings. The summed E-state index contributed by atoms with van der Waals surface area (Å²) in [6.07, 6.45) is 1.90. The average molecular weight is 577 g/mol. The normalized spacial score (nSPS) is 12.1. The molecule has 0 spiro atoms. The van der Waals surface area contributed by atoms with Crippen molar-refractivity contribution >= 4 is 76.5 Å². The van der Waals surface area contributed by atoms with Crippen LogP contribution in [0.25, 0.3) is 98.8 Å². The van der Waals surface area contributed by atoms with E-state index in [4.69, 9.17) is 18.8 Å². The molecule has 0 N–H and O–H groups in total. The molecule has 4 nitrogen and oxygen atoms in total. The number of aromatic nitrogens is 2. The van der Waals surface area contributed by atoms with Crippen molar-refractivity contribution in [3.05, 3.63) is 133 Å². The van der Waals surface area contributed by atoms with E-state index in [0.717, 1.165) is 88.1 Å². The van der Waals surface area contributed by atoms with Crippen LogP contribution in [0.4, 0.5) is 0 Å². The number of fused-ring (bicyclic) bond motifs is 13. The molecule has 0 amide bonds. The number of para-hydroxylation sites is 1. The Morgan fingerprint density at radius 1 is 0.489 bits per heavy atom. The number of hydrogen-bond acceptors (Lipinski definition) is 4. The van der Waals surface area contributed by atoms with E-state index >= 15 is 0 Å². The van der Waals surface area contributed by atoms with Gasteiger partial charge < -0.3 is 8.83 Å². The van der Waals surface area contributed by atoms with Gasteiger partial charge in [0.1, 0.15) is 22.3 Å². The van der Waals surface area contributed by atoms with Crippen LogP contribution >= 0.6 is 0 Å². The van der Waals surface area contributed by atoms with E-state index < -0.39 is 0 Å². The molecule has 0 saturated heterocycles. The summed E-state index contributed by atoms with van der Waals surface area (Å²) in [5.41, 5.74) is 10.3. The van der Waals surface area contributed by atoms with E-state index in [1.54, 1.807) is 0 Å². The van der Waals surface area contributed by atoms with Gasteiger partial charge in [0.05, 0.1) is 28.3 Å². The number of aryl methyl sites for hydroxylation is 1. The number of nitrogens with zero attached hydrogens (tertiary/aromatic N) is 2. The maximum atomic E-state index is 6.57. The Balaban J connectivity index is 1.24. The van der Waals surface area contributed by atoms with Crippen molar-refractivity contribution in [2.45, 2.75) is 6.92 Å². The van der Waals surface area contributed by atoms with Gasteiger partial charge in [0.15, 0.2) is 0 Å². The van der Waals surface area contributed by atoms with Crippen LogP contribution < -0.4 is 0 Å². The van der Waals surface area contributed by atoms with Crippen LogP contribution in [-0.2, 0) is 0 Å². The van der Waals surface area contributed by atoms with Gasteiger partial charge >= 0.3 is 0 Å². The Morgan fingerprint density at radius 2 is 1.16 bits per heavy atom. The summed E-state index contributed by atoms with van der Waals surface area (Å²) in [7, 11) is 0. The van der Waals surface area contributed by atoms with E-state index in [0.29, 0.717) is 0 Å². The molecule has 3 heterocycles. The highest BCUT2D eigenvalue weighted by Gasteiger charge is 2.21. The first-order valence-electron chi connectivity index (χ1n) is 15.2. The van der Waals surface area contributed by atoms with Crippen molar-refractivity contribution < 1.29 is 8.83 Å². The summed E-state index contributed by atoms with van der Waals surface area (Å²) in [6, 6.07) is 42.2. The van der Waals surface area contributed by atoms with E-state index in [1.165, 1.54) is 16.3 Å². The molecule has 0 bridgehead atoms. The van der Waals surface area contributed by atoms with Gasteiger partial charge in [-0.3, -0.25) is 4.98 Å². The molecule has 3 aromatic heterocycles. The lowest BCUT2D eigenvalue weighted by atomic mass is 9.96. The van der Waals surface area contributed by atoms with Gasteiger partial charge in [0.2, 0.25) is 0 Å². The zero-order chi connectivity index (χ0) is 29.6. The second-order valence-corrected chi connectivity index (χ2v) is 11.8. The highest BCUT2D eigenvalue weighted by Crippen LogP contribution is 2.44. The predicted octanol–water partition coefficient (Wildman–Crippen LogP) is 11.4. The summed E-state index contributed by atoms with van der Waals surface area (Å²) in [6.45, 7) is 2.12. The number of furan rings is 2. The lowest BCUT2D eigenvalue weighted by Crippen LogP contribution is -1.92. The summed E-state index contributed by atoms with van der Waals surface area (Å²) < 4.78 is 13.1. The molecule has 0 saturated carbocycles. The molecule has 0 aliphatic rings. The summed E-state index contributed by atoms with van der Waals surface area (Å²) in [5, 5.41) is 8.83. The first-order chi connectivity index (χ1) is 22.2. The molecular weight excluding hydrogens is 552 g/mol. The Morgan fingerprint density at radius 3 is 1.98 bits per heavy atom. The van der Waals surface area contributed by atoms with Crippen molar-refractivity contribution in [1.29, 1.82) is 0 Å². The zero-order valence-corrected chi connectivity index (χ0v) is 24.3. The van der Waals surface area contributed by atoms with E-state index in [2.05, 4.69) is 116 Å². The number of hydrogen-bond donors (Lipinski definition) is 0. The van der Waals surface area contributed by atoms with E-state index in [-0.39, 0.29) is 0 Å². The van der Waals surface area contributed by atoms with Crippen LogP contribution in [0, 0.1) is 6.92 Å². The molecule has 0 aliphatic carbocycles. The molecule has 0 aliphatic heterocycles. The third kappa shape index (κ3) is 3.48. The minimum atomic E-state index is 0.818. The SMILES string of the molecule is Cc1ccc2oc3c(cc(-c4cccc(-c5cnc6c7ccccc7c7ccccc7c6n5)c4)c4oc5ccccc5c43)c2c1.